The summed E-state index contributed by atoms with van der Waals surface area (Å²) in [6.45, 7) is 0.750. The van der Waals surface area contributed by atoms with E-state index in [1.54, 1.807) is 42.5 Å². The van der Waals surface area contributed by atoms with Crippen LogP contribution < -0.4 is 23.8 Å². The lowest BCUT2D eigenvalue weighted by Gasteiger charge is -2.23. The number of ether oxygens (including phenoxy) is 3. The molecule has 4 rings (SSSR count). The van der Waals surface area contributed by atoms with E-state index in [0.29, 0.717) is 47.4 Å². The Morgan fingerprint density at radius 2 is 1.68 bits per heavy atom. The first-order valence-corrected chi connectivity index (χ1v) is 12.3. The highest BCUT2D eigenvalue weighted by Crippen LogP contribution is 2.32. The SMILES string of the molecule is CS(=O)(=O)N(Cc1ccc(F)cc1)c1ccc(OCC(=O)Nc2ccc3c(c2)OCCO3)cc1. The lowest BCUT2D eigenvalue weighted by molar-refractivity contribution is -0.118. The standard InChI is InChI=1S/C24H23FN2O6S/c1-34(29,30)27(15-17-2-4-18(25)5-3-17)20-7-9-21(10-8-20)33-16-24(28)26-19-6-11-22-23(14-19)32-13-12-31-22/h2-11,14H,12-13,15-16H2,1H3,(H,26,28). The van der Waals surface area contributed by atoms with Gasteiger partial charge in [-0.3, -0.25) is 9.10 Å². The van der Waals surface area contributed by atoms with Crippen LogP contribution in [0.2, 0.25) is 0 Å². The number of benzene rings is 3. The molecule has 0 saturated heterocycles. The van der Waals surface area contributed by atoms with Crippen LogP contribution in [0.1, 0.15) is 5.56 Å². The molecule has 3 aromatic rings. The van der Waals surface area contributed by atoms with E-state index in [9.17, 15) is 17.6 Å². The topological polar surface area (TPSA) is 94.2 Å². The van der Waals surface area contributed by atoms with Crippen LogP contribution in [0.4, 0.5) is 15.8 Å². The van der Waals surface area contributed by atoms with Crippen molar-refractivity contribution in [3.63, 3.8) is 0 Å². The molecule has 1 N–H and O–H groups in total. The molecule has 0 aromatic heterocycles. The van der Waals surface area contributed by atoms with Crippen LogP contribution in [-0.4, -0.2) is 40.4 Å². The normalized spacial score (nSPS) is 12.6. The number of amides is 1. The van der Waals surface area contributed by atoms with E-state index in [1.165, 1.54) is 28.6 Å². The van der Waals surface area contributed by atoms with Crippen molar-refractivity contribution in [2.75, 3.05) is 35.7 Å². The van der Waals surface area contributed by atoms with Crippen LogP contribution >= 0.6 is 0 Å². The lowest BCUT2D eigenvalue weighted by Crippen LogP contribution is -2.29. The van der Waals surface area contributed by atoms with Crippen LogP contribution in [0, 0.1) is 5.82 Å². The maximum Gasteiger partial charge on any atom is 0.262 e. The number of hydrogen-bond donors (Lipinski definition) is 1. The Bertz CT molecular complexity index is 1260. The van der Waals surface area contributed by atoms with Gasteiger partial charge in [0, 0.05) is 11.8 Å². The second-order valence-electron chi connectivity index (χ2n) is 7.59. The van der Waals surface area contributed by atoms with E-state index < -0.39 is 15.8 Å². The highest BCUT2D eigenvalue weighted by molar-refractivity contribution is 7.92. The highest BCUT2D eigenvalue weighted by atomic mass is 32.2. The Morgan fingerprint density at radius 3 is 2.35 bits per heavy atom. The smallest absolute Gasteiger partial charge is 0.262 e. The number of anilines is 2. The van der Waals surface area contributed by atoms with Gasteiger partial charge in [-0.2, -0.15) is 0 Å². The Labute approximate surface area is 196 Å². The number of carbonyl (C=O) groups excluding carboxylic acids is 1. The molecular weight excluding hydrogens is 463 g/mol. The Morgan fingerprint density at radius 1 is 1.00 bits per heavy atom. The van der Waals surface area contributed by atoms with E-state index in [4.69, 9.17) is 14.2 Å². The van der Waals surface area contributed by atoms with Crippen LogP contribution in [0.3, 0.4) is 0 Å². The zero-order valence-corrected chi connectivity index (χ0v) is 19.2. The summed E-state index contributed by atoms with van der Waals surface area (Å²) < 4.78 is 55.5. The average molecular weight is 487 g/mol. The molecule has 0 spiro atoms. The first-order valence-electron chi connectivity index (χ1n) is 10.4. The highest BCUT2D eigenvalue weighted by Gasteiger charge is 2.18. The first kappa shape index (κ1) is 23.4. The number of rotatable bonds is 8. The Balaban J connectivity index is 1.36. The zero-order valence-electron chi connectivity index (χ0n) is 18.4. The fraction of sp³-hybridized carbons (Fsp3) is 0.208. The maximum absolute atomic E-state index is 13.2. The zero-order chi connectivity index (χ0) is 24.1. The van der Waals surface area contributed by atoms with Gasteiger partial charge in [-0.1, -0.05) is 12.1 Å². The molecule has 3 aromatic carbocycles. The molecule has 0 atom stereocenters. The van der Waals surface area contributed by atoms with Crippen molar-refractivity contribution in [3.05, 3.63) is 78.1 Å². The molecule has 0 aliphatic carbocycles. The van der Waals surface area contributed by atoms with Crippen molar-refractivity contribution in [3.8, 4) is 17.2 Å². The van der Waals surface area contributed by atoms with Gasteiger partial charge < -0.3 is 19.5 Å². The molecule has 0 radical (unpaired) electrons. The second-order valence-corrected chi connectivity index (χ2v) is 9.49. The Kier molecular flexibility index (Phi) is 6.87. The molecule has 34 heavy (non-hydrogen) atoms. The monoisotopic (exact) mass is 486 g/mol. The van der Waals surface area contributed by atoms with Crippen LogP contribution in [-0.2, 0) is 21.4 Å². The summed E-state index contributed by atoms with van der Waals surface area (Å²) in [5, 5.41) is 2.73. The number of nitrogens with one attached hydrogen (secondary N) is 1. The van der Waals surface area contributed by atoms with Crippen LogP contribution in [0.15, 0.2) is 66.7 Å². The molecule has 1 aliphatic rings. The van der Waals surface area contributed by atoms with Gasteiger partial charge in [0.2, 0.25) is 10.0 Å². The Hall–Kier alpha value is -3.79. The molecule has 0 unspecified atom stereocenters. The van der Waals surface area contributed by atoms with Gasteiger partial charge >= 0.3 is 0 Å². The maximum atomic E-state index is 13.2. The van der Waals surface area contributed by atoms with Crippen molar-refractivity contribution in [2.45, 2.75) is 6.54 Å². The molecule has 8 nitrogen and oxygen atoms in total. The third-order valence-electron chi connectivity index (χ3n) is 4.96. The minimum absolute atomic E-state index is 0.0528. The van der Waals surface area contributed by atoms with Gasteiger partial charge in [0.1, 0.15) is 24.8 Å². The van der Waals surface area contributed by atoms with Crippen LogP contribution in [0.25, 0.3) is 0 Å². The summed E-state index contributed by atoms with van der Waals surface area (Å²) >= 11 is 0. The fourth-order valence-electron chi connectivity index (χ4n) is 3.33. The number of carbonyl (C=O) groups is 1. The number of halogens is 1. The lowest BCUT2D eigenvalue weighted by atomic mass is 10.2. The minimum Gasteiger partial charge on any atom is -0.486 e. The summed E-state index contributed by atoms with van der Waals surface area (Å²) in [6.07, 6.45) is 1.10. The molecule has 0 bridgehead atoms. The van der Waals surface area contributed by atoms with E-state index in [1.807, 2.05) is 0 Å². The summed E-state index contributed by atoms with van der Waals surface area (Å²) in [4.78, 5) is 12.3. The molecule has 1 amide bonds. The number of sulfonamides is 1. The summed E-state index contributed by atoms with van der Waals surface area (Å²) in [5.74, 6) is 0.833. The van der Waals surface area contributed by atoms with Crippen LogP contribution in [0.5, 0.6) is 17.2 Å². The number of fused-ring (bicyclic) bond motifs is 1. The summed E-state index contributed by atoms with van der Waals surface area (Å²) in [5.41, 5.74) is 1.61. The minimum atomic E-state index is -3.59. The summed E-state index contributed by atoms with van der Waals surface area (Å²) in [6, 6.07) is 17.1. The molecule has 0 saturated carbocycles. The van der Waals surface area contributed by atoms with Gasteiger partial charge in [0.05, 0.1) is 18.5 Å². The number of hydrogen-bond acceptors (Lipinski definition) is 6. The van der Waals surface area contributed by atoms with E-state index in [-0.39, 0.29) is 19.1 Å². The average Bonchev–Trinajstić information content (AvgIpc) is 2.82. The van der Waals surface area contributed by atoms with Crippen molar-refractivity contribution in [2.24, 2.45) is 0 Å². The third kappa shape index (κ3) is 5.96. The predicted octanol–water partition coefficient (Wildman–Crippen LogP) is 3.58. The molecule has 1 heterocycles. The van der Waals surface area contributed by atoms with Gasteiger partial charge in [-0.15, -0.1) is 0 Å². The van der Waals surface area contributed by atoms with E-state index in [0.717, 1.165) is 6.26 Å². The first-order chi connectivity index (χ1) is 16.3. The molecular formula is C24H23FN2O6S. The largest absolute Gasteiger partial charge is 0.486 e. The quantitative estimate of drug-likeness (QED) is 0.523. The third-order valence-corrected chi connectivity index (χ3v) is 6.10. The van der Waals surface area contributed by atoms with Crippen molar-refractivity contribution in [1.82, 2.24) is 0 Å². The van der Waals surface area contributed by atoms with Gasteiger partial charge in [0.25, 0.3) is 5.91 Å². The molecule has 10 heteroatoms. The van der Waals surface area contributed by atoms with E-state index >= 15 is 0 Å². The summed E-state index contributed by atoms with van der Waals surface area (Å²) in [7, 11) is -3.59. The van der Waals surface area contributed by atoms with Gasteiger partial charge in [0.15, 0.2) is 18.1 Å². The van der Waals surface area contributed by atoms with Gasteiger partial charge in [-0.25, -0.2) is 12.8 Å². The molecule has 178 valence electrons. The van der Waals surface area contributed by atoms with Crippen molar-refractivity contribution < 1.29 is 31.8 Å². The van der Waals surface area contributed by atoms with Crippen molar-refractivity contribution in [1.29, 1.82) is 0 Å². The van der Waals surface area contributed by atoms with Crippen molar-refractivity contribution >= 4 is 27.3 Å². The van der Waals surface area contributed by atoms with E-state index in [2.05, 4.69) is 5.32 Å². The second kappa shape index (κ2) is 10.0. The molecule has 0 fully saturated rings. The van der Waals surface area contributed by atoms with Gasteiger partial charge in [-0.05, 0) is 54.1 Å². The number of nitrogens with zero attached hydrogens (tertiary/aromatic N) is 1. The molecule has 1 aliphatic heterocycles. The fourth-order valence-corrected chi connectivity index (χ4v) is 4.22. The predicted molar refractivity (Wildman–Crippen MR) is 125 cm³/mol.